The zero-order valence-electron chi connectivity index (χ0n) is 10.1. The van der Waals surface area contributed by atoms with Crippen LogP contribution in [0.5, 0.6) is 0 Å². The van der Waals surface area contributed by atoms with Crippen molar-refractivity contribution in [1.29, 1.82) is 0 Å². The van der Waals surface area contributed by atoms with Gasteiger partial charge in [0.15, 0.2) is 5.69 Å². The summed E-state index contributed by atoms with van der Waals surface area (Å²) in [6.45, 7) is 6.54. The van der Waals surface area contributed by atoms with Crippen molar-refractivity contribution >= 4 is 23.1 Å². The fourth-order valence-corrected chi connectivity index (χ4v) is 3.97. The zero-order chi connectivity index (χ0) is 11.5. The maximum atomic E-state index is 4.07. The molecule has 5 heteroatoms. The molecule has 2 rings (SSSR count). The lowest BCUT2D eigenvalue weighted by Gasteiger charge is -1.97. The summed E-state index contributed by atoms with van der Waals surface area (Å²) < 4.78 is 3.67. The minimum absolute atomic E-state index is 0. The van der Waals surface area contributed by atoms with E-state index in [-0.39, 0.29) is 24.0 Å². The van der Waals surface area contributed by atoms with Gasteiger partial charge in [-0.15, -0.1) is 4.57 Å². The number of aromatic nitrogens is 2. The van der Waals surface area contributed by atoms with Gasteiger partial charge in [0.2, 0.25) is 5.69 Å². The molecule has 92 valence electrons. The van der Waals surface area contributed by atoms with E-state index in [0.717, 1.165) is 5.75 Å². The van der Waals surface area contributed by atoms with E-state index in [1.807, 2.05) is 35.5 Å². The zero-order valence-corrected chi connectivity index (χ0v) is 13.9. The highest BCUT2D eigenvalue weighted by atomic mass is 127. The summed E-state index contributed by atoms with van der Waals surface area (Å²) in [5.74, 6) is 1.10. The summed E-state index contributed by atoms with van der Waals surface area (Å²) in [6, 6.07) is 4.11. The largest absolute Gasteiger partial charge is 1.00 e. The molecule has 17 heavy (non-hydrogen) atoms. The Labute approximate surface area is 128 Å². The minimum Gasteiger partial charge on any atom is -1.00 e. The van der Waals surface area contributed by atoms with Gasteiger partial charge in [-0.2, -0.15) is 0 Å². The normalized spacial score (nSPS) is 10.1. The monoisotopic (exact) mass is 378 g/mol. The molecule has 0 radical (unpaired) electrons. The standard InChI is InChI=1S/C12H15N2S2.HI/c1-4-15-12-14(9(2)10(3)16-12)11-5-7-13-8-6-11;/h5-8H,4H2,1-3H3;1H/q+1;/p-1. The second-order valence-corrected chi connectivity index (χ2v) is 6.20. The predicted molar refractivity (Wildman–Crippen MR) is 69.5 cm³/mol. The Morgan fingerprint density at radius 1 is 1.29 bits per heavy atom. The van der Waals surface area contributed by atoms with E-state index in [1.54, 1.807) is 0 Å². The number of halogens is 1. The summed E-state index contributed by atoms with van der Waals surface area (Å²) >= 11 is 3.76. The van der Waals surface area contributed by atoms with E-state index in [2.05, 4.69) is 42.5 Å². The quantitative estimate of drug-likeness (QED) is 0.430. The van der Waals surface area contributed by atoms with Crippen molar-refractivity contribution in [3.8, 4) is 5.69 Å². The molecule has 2 heterocycles. The van der Waals surface area contributed by atoms with Crippen LogP contribution in [0.3, 0.4) is 0 Å². The summed E-state index contributed by atoms with van der Waals surface area (Å²) in [6.07, 6.45) is 3.68. The molecule has 2 aromatic rings. The highest BCUT2D eigenvalue weighted by Crippen LogP contribution is 2.26. The van der Waals surface area contributed by atoms with E-state index in [4.69, 9.17) is 0 Å². The maximum absolute atomic E-state index is 4.07. The fraction of sp³-hybridized carbons (Fsp3) is 0.333. The molecule has 0 aliphatic heterocycles. The third-order valence-electron chi connectivity index (χ3n) is 2.46. The first kappa shape index (κ1) is 14.9. The van der Waals surface area contributed by atoms with Crippen LogP contribution in [0.1, 0.15) is 17.5 Å². The average Bonchev–Trinajstić information content (AvgIpc) is 2.57. The van der Waals surface area contributed by atoms with Gasteiger partial charge in [0.1, 0.15) is 0 Å². The number of thioether (sulfide) groups is 1. The highest BCUT2D eigenvalue weighted by molar-refractivity contribution is 8.00. The third kappa shape index (κ3) is 3.20. The molecular formula is C12H15IN2S2. The Kier molecular flexibility index (Phi) is 5.88. The lowest BCUT2D eigenvalue weighted by molar-refractivity contribution is -0.635. The maximum Gasteiger partial charge on any atom is 0.303 e. The van der Waals surface area contributed by atoms with Gasteiger partial charge in [0, 0.05) is 37.2 Å². The smallest absolute Gasteiger partial charge is 0.303 e. The molecule has 0 bridgehead atoms. The van der Waals surface area contributed by atoms with E-state index in [0.29, 0.717) is 0 Å². The van der Waals surface area contributed by atoms with Crippen molar-refractivity contribution in [2.45, 2.75) is 25.1 Å². The second-order valence-electron chi connectivity index (χ2n) is 3.48. The van der Waals surface area contributed by atoms with Gasteiger partial charge < -0.3 is 24.0 Å². The number of hydrogen-bond acceptors (Lipinski definition) is 3. The van der Waals surface area contributed by atoms with Gasteiger partial charge in [-0.05, 0) is 18.7 Å². The molecule has 0 N–H and O–H groups in total. The molecule has 0 aliphatic rings. The third-order valence-corrected chi connectivity index (χ3v) is 4.74. The Morgan fingerprint density at radius 2 is 1.94 bits per heavy atom. The van der Waals surface area contributed by atoms with Crippen molar-refractivity contribution in [1.82, 2.24) is 4.98 Å². The predicted octanol–water partition coefficient (Wildman–Crippen LogP) is 0.153. The molecule has 0 fully saturated rings. The van der Waals surface area contributed by atoms with E-state index in [9.17, 15) is 0 Å². The van der Waals surface area contributed by atoms with Gasteiger partial charge in [0.25, 0.3) is 0 Å². The number of rotatable bonds is 3. The van der Waals surface area contributed by atoms with Crippen molar-refractivity contribution in [3.63, 3.8) is 0 Å². The fourth-order valence-electron chi connectivity index (χ4n) is 1.55. The Balaban J connectivity index is 0.00000144. The first-order valence-electron chi connectivity index (χ1n) is 5.29. The molecule has 0 aromatic carbocycles. The lowest BCUT2D eigenvalue weighted by Crippen LogP contribution is -3.00. The number of nitrogens with zero attached hydrogens (tertiary/aromatic N) is 2. The van der Waals surface area contributed by atoms with Crippen LogP contribution in [0.25, 0.3) is 5.69 Å². The molecule has 0 aliphatic carbocycles. The van der Waals surface area contributed by atoms with Crippen LogP contribution in [0.4, 0.5) is 0 Å². The molecule has 2 nitrogen and oxygen atoms in total. The van der Waals surface area contributed by atoms with Crippen LogP contribution in [-0.2, 0) is 0 Å². The molecule has 0 unspecified atom stereocenters. The van der Waals surface area contributed by atoms with Gasteiger partial charge in [-0.1, -0.05) is 18.3 Å². The van der Waals surface area contributed by atoms with E-state index < -0.39 is 0 Å². The minimum atomic E-state index is 0. The van der Waals surface area contributed by atoms with E-state index in [1.165, 1.54) is 20.6 Å². The Morgan fingerprint density at radius 3 is 2.53 bits per heavy atom. The number of aryl methyl sites for hydroxylation is 1. The molecule has 0 saturated heterocycles. The summed E-state index contributed by atoms with van der Waals surface area (Å²) in [4.78, 5) is 5.45. The van der Waals surface area contributed by atoms with E-state index >= 15 is 0 Å². The molecule has 0 spiro atoms. The van der Waals surface area contributed by atoms with Crippen molar-refractivity contribution < 1.29 is 28.5 Å². The SMILES string of the molecule is CCSc1sc(C)c(C)[n+]1-c1ccncc1.[I-]. The molecule has 0 atom stereocenters. The van der Waals surface area contributed by atoms with Crippen LogP contribution in [0.2, 0.25) is 0 Å². The Hall–Kier alpha value is -0.140. The second kappa shape index (κ2) is 6.70. The van der Waals surface area contributed by atoms with Gasteiger partial charge in [-0.3, -0.25) is 4.98 Å². The topological polar surface area (TPSA) is 16.8 Å². The summed E-state index contributed by atoms with van der Waals surface area (Å²) in [5, 5.41) is 0. The molecule has 2 aromatic heterocycles. The molecule has 0 amide bonds. The summed E-state index contributed by atoms with van der Waals surface area (Å²) in [5.41, 5.74) is 2.53. The summed E-state index contributed by atoms with van der Waals surface area (Å²) in [7, 11) is 0. The van der Waals surface area contributed by atoms with Crippen LogP contribution in [-0.4, -0.2) is 10.7 Å². The molecular weight excluding hydrogens is 363 g/mol. The van der Waals surface area contributed by atoms with Crippen molar-refractivity contribution in [2.75, 3.05) is 5.75 Å². The highest BCUT2D eigenvalue weighted by Gasteiger charge is 2.22. The van der Waals surface area contributed by atoms with Crippen LogP contribution in [0.15, 0.2) is 28.9 Å². The van der Waals surface area contributed by atoms with Crippen LogP contribution < -0.4 is 28.5 Å². The van der Waals surface area contributed by atoms with Crippen LogP contribution >= 0.6 is 23.1 Å². The van der Waals surface area contributed by atoms with Crippen molar-refractivity contribution in [3.05, 3.63) is 35.1 Å². The first-order chi connectivity index (χ1) is 7.74. The van der Waals surface area contributed by atoms with Crippen LogP contribution in [0, 0.1) is 13.8 Å². The van der Waals surface area contributed by atoms with Crippen molar-refractivity contribution in [2.24, 2.45) is 0 Å². The first-order valence-corrected chi connectivity index (χ1v) is 7.09. The van der Waals surface area contributed by atoms with Gasteiger partial charge in [-0.25, -0.2) is 0 Å². The number of thiazole rings is 1. The molecule has 0 saturated carbocycles. The number of pyridine rings is 1. The average molecular weight is 378 g/mol. The number of hydrogen-bond donors (Lipinski definition) is 0. The van der Waals surface area contributed by atoms with Gasteiger partial charge >= 0.3 is 4.34 Å². The Bertz CT molecular complexity index is 483. The van der Waals surface area contributed by atoms with Gasteiger partial charge in [0.05, 0.1) is 4.88 Å². The lowest BCUT2D eigenvalue weighted by atomic mass is 10.3.